The lowest BCUT2D eigenvalue weighted by molar-refractivity contribution is -0.162. The van der Waals surface area contributed by atoms with Gasteiger partial charge in [0.2, 0.25) is 11.8 Å². The van der Waals surface area contributed by atoms with Crippen LogP contribution in [0.4, 0.5) is 5.69 Å². The van der Waals surface area contributed by atoms with Crippen LogP contribution < -0.4 is 5.32 Å². The molecule has 0 radical (unpaired) electrons. The topological polar surface area (TPSA) is 52.7 Å². The Balaban J connectivity index is 1.10. The summed E-state index contributed by atoms with van der Waals surface area (Å²) < 4.78 is 0. The molecular formula is C31H39N3O2. The van der Waals surface area contributed by atoms with Crippen molar-refractivity contribution in [3.8, 4) is 0 Å². The Morgan fingerprint density at radius 1 is 0.861 bits per heavy atom. The number of para-hydroxylation sites is 1. The van der Waals surface area contributed by atoms with E-state index in [4.69, 9.17) is 0 Å². The van der Waals surface area contributed by atoms with Gasteiger partial charge >= 0.3 is 0 Å². The molecule has 5 heteroatoms. The monoisotopic (exact) mass is 485 g/mol. The van der Waals surface area contributed by atoms with Crippen LogP contribution in [0.3, 0.4) is 0 Å². The Morgan fingerprint density at radius 2 is 1.50 bits per heavy atom. The van der Waals surface area contributed by atoms with E-state index in [1.165, 1.54) is 24.8 Å². The smallest absolute Gasteiger partial charge is 0.238 e. The fraction of sp³-hybridized carbons (Fsp3) is 0.548. The van der Waals surface area contributed by atoms with Crippen molar-refractivity contribution >= 4 is 17.5 Å². The van der Waals surface area contributed by atoms with E-state index in [-0.39, 0.29) is 16.7 Å². The molecule has 2 unspecified atom stereocenters. The van der Waals surface area contributed by atoms with Gasteiger partial charge in [0.15, 0.2) is 0 Å². The van der Waals surface area contributed by atoms with E-state index in [0.29, 0.717) is 24.3 Å². The highest BCUT2D eigenvalue weighted by Gasteiger charge is 2.61. The molecule has 2 amide bonds. The van der Waals surface area contributed by atoms with Gasteiger partial charge in [-0.1, -0.05) is 48.5 Å². The second-order valence-corrected chi connectivity index (χ2v) is 12.3. The SMILES string of the molecule is Cc1cccc(C)c1NC(=O)CN1CCN(C(=O)C23CC4CC(C2)CC(c2ccccc2)(C4)C3)CC1. The lowest BCUT2D eigenvalue weighted by atomic mass is 9.42. The van der Waals surface area contributed by atoms with Crippen LogP contribution in [-0.2, 0) is 15.0 Å². The molecule has 2 aromatic carbocycles. The Hall–Kier alpha value is -2.66. The highest BCUT2D eigenvalue weighted by molar-refractivity contribution is 5.93. The predicted octanol–water partition coefficient (Wildman–Crippen LogP) is 4.92. The molecule has 0 aromatic heterocycles. The molecule has 190 valence electrons. The van der Waals surface area contributed by atoms with Crippen molar-refractivity contribution in [2.75, 3.05) is 38.0 Å². The maximum atomic E-state index is 14.1. The molecule has 7 rings (SSSR count). The molecule has 5 aliphatic rings. The van der Waals surface area contributed by atoms with Crippen LogP contribution in [0, 0.1) is 31.1 Å². The van der Waals surface area contributed by atoms with Crippen molar-refractivity contribution < 1.29 is 9.59 Å². The fourth-order valence-corrected chi connectivity index (χ4v) is 8.48. The van der Waals surface area contributed by atoms with Crippen molar-refractivity contribution in [3.05, 3.63) is 65.2 Å². The predicted molar refractivity (Wildman–Crippen MR) is 143 cm³/mol. The van der Waals surface area contributed by atoms with E-state index in [0.717, 1.165) is 62.3 Å². The third-order valence-corrected chi connectivity index (χ3v) is 9.67. The number of nitrogens with zero attached hydrogens (tertiary/aromatic N) is 2. The Kier molecular flexibility index (Phi) is 5.94. The van der Waals surface area contributed by atoms with Gasteiger partial charge in [0, 0.05) is 31.9 Å². The first-order valence-corrected chi connectivity index (χ1v) is 13.8. The molecule has 5 fully saturated rings. The molecule has 1 N–H and O–H groups in total. The van der Waals surface area contributed by atoms with Gasteiger partial charge in [0.25, 0.3) is 0 Å². The molecular weight excluding hydrogens is 446 g/mol. The van der Waals surface area contributed by atoms with E-state index in [2.05, 4.69) is 45.4 Å². The largest absolute Gasteiger partial charge is 0.340 e. The molecule has 2 atom stereocenters. The number of carbonyl (C=O) groups excluding carboxylic acids is 2. The van der Waals surface area contributed by atoms with Crippen molar-refractivity contribution in [1.29, 1.82) is 0 Å². The van der Waals surface area contributed by atoms with Gasteiger partial charge in [0.05, 0.1) is 12.0 Å². The molecule has 4 saturated carbocycles. The number of anilines is 1. The number of carbonyl (C=O) groups is 2. The number of hydrogen-bond donors (Lipinski definition) is 1. The van der Waals surface area contributed by atoms with Gasteiger partial charge in [-0.2, -0.15) is 0 Å². The Labute approximate surface area is 215 Å². The number of piperazine rings is 1. The molecule has 4 aliphatic carbocycles. The first kappa shape index (κ1) is 23.7. The minimum absolute atomic E-state index is 0.0260. The maximum absolute atomic E-state index is 14.1. The third-order valence-electron chi connectivity index (χ3n) is 9.67. The Morgan fingerprint density at radius 3 is 2.14 bits per heavy atom. The fourth-order valence-electron chi connectivity index (χ4n) is 8.48. The van der Waals surface area contributed by atoms with Crippen LogP contribution in [0.1, 0.15) is 55.2 Å². The number of benzene rings is 2. The van der Waals surface area contributed by atoms with Gasteiger partial charge in [-0.15, -0.1) is 0 Å². The summed E-state index contributed by atoms with van der Waals surface area (Å²) in [5.74, 6) is 1.80. The second-order valence-electron chi connectivity index (χ2n) is 12.3. The van der Waals surface area contributed by atoms with Gasteiger partial charge in [0.1, 0.15) is 0 Å². The van der Waals surface area contributed by atoms with E-state index in [9.17, 15) is 9.59 Å². The second kappa shape index (κ2) is 9.02. The number of rotatable bonds is 5. The third kappa shape index (κ3) is 4.15. The summed E-state index contributed by atoms with van der Waals surface area (Å²) in [6.45, 7) is 7.41. The average Bonchev–Trinajstić information content (AvgIpc) is 2.86. The molecule has 1 aliphatic heterocycles. The van der Waals surface area contributed by atoms with Gasteiger partial charge in [-0.3, -0.25) is 14.5 Å². The number of aryl methyl sites for hydroxylation is 2. The van der Waals surface area contributed by atoms with E-state index < -0.39 is 0 Å². The molecule has 0 spiro atoms. The van der Waals surface area contributed by atoms with Crippen LogP contribution >= 0.6 is 0 Å². The molecule has 1 heterocycles. The molecule has 36 heavy (non-hydrogen) atoms. The Bertz CT molecular complexity index is 1120. The quantitative estimate of drug-likeness (QED) is 0.654. The first-order valence-electron chi connectivity index (χ1n) is 13.8. The summed E-state index contributed by atoms with van der Waals surface area (Å²) in [4.78, 5) is 31.2. The van der Waals surface area contributed by atoms with Crippen molar-refractivity contribution in [3.63, 3.8) is 0 Å². The van der Waals surface area contributed by atoms with E-state index in [1.807, 2.05) is 32.0 Å². The average molecular weight is 486 g/mol. The standard InChI is InChI=1S/C31H39N3O2/c1-22-7-6-8-23(2)28(22)32-27(35)20-33-11-13-34(14-12-33)29(36)31-18-24-15-25(19-31)17-30(16-24,21-31)26-9-4-3-5-10-26/h3-10,24-25H,11-21H2,1-2H3,(H,32,35). The highest BCUT2D eigenvalue weighted by Crippen LogP contribution is 2.66. The lowest BCUT2D eigenvalue weighted by Crippen LogP contribution is -2.61. The zero-order chi connectivity index (χ0) is 24.9. The summed E-state index contributed by atoms with van der Waals surface area (Å²) in [7, 11) is 0. The number of amides is 2. The summed E-state index contributed by atoms with van der Waals surface area (Å²) in [6, 6.07) is 17.1. The van der Waals surface area contributed by atoms with Crippen molar-refractivity contribution in [2.24, 2.45) is 17.3 Å². The summed E-state index contributed by atoms with van der Waals surface area (Å²) in [5, 5.41) is 3.11. The van der Waals surface area contributed by atoms with E-state index in [1.54, 1.807) is 0 Å². The van der Waals surface area contributed by atoms with Crippen LogP contribution in [0.5, 0.6) is 0 Å². The zero-order valence-corrected chi connectivity index (χ0v) is 21.8. The highest BCUT2D eigenvalue weighted by atomic mass is 16.2. The molecule has 5 nitrogen and oxygen atoms in total. The van der Waals surface area contributed by atoms with Gasteiger partial charge < -0.3 is 10.2 Å². The minimum Gasteiger partial charge on any atom is -0.340 e. The van der Waals surface area contributed by atoms with Crippen molar-refractivity contribution in [2.45, 2.75) is 57.8 Å². The molecule has 2 aromatic rings. The maximum Gasteiger partial charge on any atom is 0.238 e. The van der Waals surface area contributed by atoms with Crippen LogP contribution in [0.15, 0.2) is 48.5 Å². The summed E-state index contributed by atoms with van der Waals surface area (Å²) in [6.07, 6.45) is 7.00. The number of nitrogens with one attached hydrogen (secondary N) is 1. The van der Waals surface area contributed by atoms with Gasteiger partial charge in [-0.05, 0) is 86.3 Å². The molecule has 1 saturated heterocycles. The number of hydrogen-bond acceptors (Lipinski definition) is 3. The summed E-state index contributed by atoms with van der Waals surface area (Å²) >= 11 is 0. The van der Waals surface area contributed by atoms with Crippen molar-refractivity contribution in [1.82, 2.24) is 9.80 Å². The lowest BCUT2D eigenvalue weighted by Gasteiger charge is -2.62. The molecule has 4 bridgehead atoms. The minimum atomic E-state index is -0.179. The zero-order valence-electron chi connectivity index (χ0n) is 21.8. The first-order chi connectivity index (χ1) is 17.4. The van der Waals surface area contributed by atoms with Gasteiger partial charge in [-0.25, -0.2) is 0 Å². The van der Waals surface area contributed by atoms with Crippen LogP contribution in [0.2, 0.25) is 0 Å². The van der Waals surface area contributed by atoms with Crippen LogP contribution in [0.25, 0.3) is 0 Å². The normalized spacial score (nSPS) is 31.4. The van der Waals surface area contributed by atoms with Crippen LogP contribution in [-0.4, -0.2) is 54.3 Å². The summed E-state index contributed by atoms with van der Waals surface area (Å²) in [5.41, 5.74) is 4.56. The van der Waals surface area contributed by atoms with E-state index >= 15 is 0 Å².